The molecular formula is C29H24N2O4S2. The molecule has 0 spiro atoms. The van der Waals surface area contributed by atoms with Crippen molar-refractivity contribution in [1.82, 2.24) is 4.57 Å². The number of thiazole rings is 1. The summed E-state index contributed by atoms with van der Waals surface area (Å²) in [5.74, 6) is -0.837. The minimum Gasteiger partial charge on any atom is -0.392 e. The summed E-state index contributed by atoms with van der Waals surface area (Å²) in [4.78, 5) is 44.1. The Morgan fingerprint density at radius 1 is 0.892 bits per heavy atom. The van der Waals surface area contributed by atoms with Gasteiger partial charge in [0, 0.05) is 29.6 Å². The van der Waals surface area contributed by atoms with Gasteiger partial charge in [-0.1, -0.05) is 78.5 Å². The summed E-state index contributed by atoms with van der Waals surface area (Å²) in [6.07, 6.45) is 0. The number of aliphatic hydroxyl groups is 1. The topological polar surface area (TPSA) is 79.6 Å². The molecule has 3 aromatic carbocycles. The Balaban J connectivity index is 1.80. The van der Waals surface area contributed by atoms with E-state index in [-0.39, 0.29) is 17.7 Å². The Labute approximate surface area is 221 Å². The molecule has 0 atom stereocenters. The minimum absolute atomic E-state index is 0.0149. The van der Waals surface area contributed by atoms with Crippen molar-refractivity contribution < 1.29 is 14.7 Å². The molecule has 186 valence electrons. The third kappa shape index (κ3) is 4.48. The fourth-order valence-corrected chi connectivity index (χ4v) is 6.81. The first-order valence-corrected chi connectivity index (χ1v) is 13.4. The van der Waals surface area contributed by atoms with Crippen LogP contribution in [0.1, 0.15) is 33.2 Å². The molecule has 8 heteroatoms. The van der Waals surface area contributed by atoms with Gasteiger partial charge >= 0.3 is 0 Å². The van der Waals surface area contributed by atoms with Gasteiger partial charge in [0.1, 0.15) is 19.8 Å². The summed E-state index contributed by atoms with van der Waals surface area (Å²) in [7, 11) is 1.87. The number of rotatable bonds is 6. The highest BCUT2D eigenvalue weighted by Gasteiger charge is 2.28. The number of anilines is 1. The summed E-state index contributed by atoms with van der Waals surface area (Å²) >= 11 is 2.63. The zero-order valence-electron chi connectivity index (χ0n) is 20.3. The number of carbonyl (C=O) groups is 2. The average molecular weight is 529 g/mol. The molecule has 0 radical (unpaired) electrons. The van der Waals surface area contributed by atoms with Crippen LogP contribution in [0.2, 0.25) is 0 Å². The number of nitrogens with zero attached hydrogens (tertiary/aromatic N) is 2. The van der Waals surface area contributed by atoms with E-state index >= 15 is 0 Å². The van der Waals surface area contributed by atoms with E-state index in [0.29, 0.717) is 26.9 Å². The van der Waals surface area contributed by atoms with Gasteiger partial charge in [-0.2, -0.15) is 0 Å². The molecule has 0 saturated carbocycles. The maximum Gasteiger partial charge on any atom is 0.271 e. The molecule has 5 rings (SSSR count). The van der Waals surface area contributed by atoms with Crippen molar-refractivity contribution in [2.24, 2.45) is 0 Å². The number of fused-ring (bicyclic) bond motifs is 1. The Morgan fingerprint density at radius 3 is 2.03 bits per heavy atom. The lowest BCUT2D eigenvalue weighted by molar-refractivity contribution is 0.0996. The first-order valence-electron chi connectivity index (χ1n) is 11.8. The van der Waals surface area contributed by atoms with E-state index in [1.54, 1.807) is 48.5 Å². The van der Waals surface area contributed by atoms with Gasteiger partial charge in [-0.15, -0.1) is 11.3 Å². The summed E-state index contributed by atoms with van der Waals surface area (Å²) in [5.41, 5.74) is 2.19. The number of hydrogen-bond donors (Lipinski definition) is 1. The van der Waals surface area contributed by atoms with E-state index in [4.69, 9.17) is 0 Å². The van der Waals surface area contributed by atoms with Gasteiger partial charge in [0.15, 0.2) is 11.6 Å². The molecule has 0 amide bonds. The van der Waals surface area contributed by atoms with Crippen LogP contribution in [0.3, 0.4) is 0 Å². The van der Waals surface area contributed by atoms with Crippen molar-refractivity contribution in [1.29, 1.82) is 0 Å². The number of benzene rings is 3. The van der Waals surface area contributed by atoms with Crippen LogP contribution in [-0.4, -0.2) is 28.3 Å². The number of Topliss-reactive ketones (excluding diaryl/α,β-unsaturated/α-hetero) is 2. The average Bonchev–Trinajstić information content (AvgIpc) is 3.44. The van der Waals surface area contributed by atoms with E-state index in [9.17, 15) is 19.5 Å². The van der Waals surface area contributed by atoms with Gasteiger partial charge in [-0.05, 0) is 24.6 Å². The van der Waals surface area contributed by atoms with Crippen LogP contribution in [0, 0.1) is 0 Å². The van der Waals surface area contributed by atoms with Crippen molar-refractivity contribution in [2.75, 3.05) is 11.9 Å². The lowest BCUT2D eigenvalue weighted by atomic mass is 9.96. The van der Waals surface area contributed by atoms with Gasteiger partial charge in [0.2, 0.25) is 0 Å². The first-order chi connectivity index (χ1) is 17.9. The van der Waals surface area contributed by atoms with Crippen molar-refractivity contribution in [2.45, 2.75) is 25.0 Å². The lowest BCUT2D eigenvalue weighted by Gasteiger charge is -2.13. The number of hydrogen-bond acceptors (Lipinski definition) is 7. The quantitative estimate of drug-likeness (QED) is 0.304. The highest BCUT2D eigenvalue weighted by atomic mass is 32.2. The molecule has 4 aromatic rings. The maximum absolute atomic E-state index is 13.8. The van der Waals surface area contributed by atoms with Crippen LogP contribution < -0.4 is 19.7 Å². The van der Waals surface area contributed by atoms with Gasteiger partial charge in [0.25, 0.3) is 5.56 Å². The van der Waals surface area contributed by atoms with E-state index in [1.807, 2.05) is 49.2 Å². The van der Waals surface area contributed by atoms with Crippen molar-refractivity contribution in [3.8, 4) is 0 Å². The molecule has 1 aliphatic rings. The number of ketones is 2. The minimum atomic E-state index is -0.419. The fraction of sp³-hybridized carbons (Fsp3) is 0.138. The number of thioether (sulfide) groups is 1. The summed E-state index contributed by atoms with van der Waals surface area (Å²) in [5, 5.41) is 10.3. The normalized spacial score (nSPS) is 14.0. The molecule has 1 N–H and O–H groups in total. The molecule has 1 aromatic heterocycles. The van der Waals surface area contributed by atoms with Crippen LogP contribution in [-0.2, 0) is 13.2 Å². The second-order valence-corrected chi connectivity index (χ2v) is 10.5. The monoisotopic (exact) mass is 528 g/mol. The third-order valence-corrected chi connectivity index (χ3v) is 8.77. The van der Waals surface area contributed by atoms with Gasteiger partial charge in [0.05, 0.1) is 12.3 Å². The van der Waals surface area contributed by atoms with Crippen LogP contribution in [0.5, 0.6) is 0 Å². The molecule has 0 fully saturated rings. The first kappa shape index (κ1) is 25.0. The Morgan fingerprint density at radius 2 is 1.49 bits per heavy atom. The van der Waals surface area contributed by atoms with E-state index in [2.05, 4.69) is 0 Å². The zero-order chi connectivity index (χ0) is 26.1. The molecule has 2 heterocycles. The molecule has 6 nitrogen and oxygen atoms in total. The Hall–Kier alpha value is -3.72. The van der Waals surface area contributed by atoms with Gasteiger partial charge in [-0.25, -0.2) is 0 Å². The Bertz CT molecular complexity index is 1640. The van der Waals surface area contributed by atoms with Crippen LogP contribution in [0.4, 0.5) is 5.69 Å². The molecule has 0 unspecified atom stereocenters. The molecule has 0 bridgehead atoms. The molecular weight excluding hydrogens is 504 g/mol. The second kappa shape index (κ2) is 10.3. The molecule has 0 saturated heterocycles. The van der Waals surface area contributed by atoms with Crippen molar-refractivity contribution in [3.63, 3.8) is 0 Å². The number of aromatic nitrogens is 1. The predicted molar refractivity (Wildman–Crippen MR) is 148 cm³/mol. The van der Waals surface area contributed by atoms with E-state index < -0.39 is 11.6 Å². The van der Waals surface area contributed by atoms with Crippen LogP contribution in [0.25, 0.3) is 10.6 Å². The summed E-state index contributed by atoms with van der Waals surface area (Å²) in [6, 6.07) is 23.0. The third-order valence-electron chi connectivity index (χ3n) is 6.21. The zero-order valence-corrected chi connectivity index (χ0v) is 21.9. The molecule has 1 aliphatic heterocycles. The lowest BCUT2D eigenvalue weighted by Crippen LogP contribution is -2.35. The summed E-state index contributed by atoms with van der Waals surface area (Å²) < 4.78 is 2.32. The smallest absolute Gasteiger partial charge is 0.271 e. The number of carbonyl (C=O) groups excluding carboxylic acids is 2. The van der Waals surface area contributed by atoms with Gasteiger partial charge in [-0.3, -0.25) is 19.0 Å². The van der Waals surface area contributed by atoms with Crippen LogP contribution in [0.15, 0.2) is 88.6 Å². The molecule has 0 aliphatic carbocycles. The highest BCUT2D eigenvalue weighted by molar-refractivity contribution is 8.08. The van der Waals surface area contributed by atoms with Crippen molar-refractivity contribution in [3.05, 3.63) is 115 Å². The van der Waals surface area contributed by atoms with Crippen LogP contribution >= 0.6 is 23.1 Å². The maximum atomic E-state index is 13.8. The summed E-state index contributed by atoms with van der Waals surface area (Å²) in [6.45, 7) is 2.06. The second-order valence-electron chi connectivity index (χ2n) is 8.48. The van der Waals surface area contributed by atoms with E-state index in [1.165, 1.54) is 27.7 Å². The SMILES string of the molecule is CCn1c(=C(C(=O)c2ccccc2)C(=O)c2ccccc2)s/c(=C2\Sc3ccc(CO)cc3N2C)c1=O. The van der Waals surface area contributed by atoms with E-state index in [0.717, 1.165) is 21.2 Å². The fourth-order valence-electron chi connectivity index (χ4n) is 4.27. The Kier molecular flexibility index (Phi) is 6.97. The molecule has 37 heavy (non-hydrogen) atoms. The standard InChI is InChI=1S/C29H24N2O4S2/c1-3-31-27(35)26(29-30(2)21-16-18(17-32)14-15-22(21)36-29)37-28(31)23(24(33)19-10-6-4-7-11-19)25(34)20-12-8-5-9-13-20/h4-16,32H,3,17H2,1-2H3/b29-26-. The predicted octanol–water partition coefficient (Wildman–Crippen LogP) is 3.65. The highest BCUT2D eigenvalue weighted by Crippen LogP contribution is 2.45. The van der Waals surface area contributed by atoms with Crippen molar-refractivity contribution >= 4 is 51.0 Å². The van der Waals surface area contributed by atoms with Gasteiger partial charge < -0.3 is 10.0 Å². The number of aliphatic hydroxyl groups excluding tert-OH is 1. The largest absolute Gasteiger partial charge is 0.392 e.